The normalized spacial score (nSPS) is 19.2. The number of carbonyl (C=O) groups excluding carboxylic acids is 1. The average Bonchev–Trinajstić information content (AvgIpc) is 3.27. The van der Waals surface area contributed by atoms with Crippen LogP contribution in [0, 0.1) is 5.82 Å². The van der Waals surface area contributed by atoms with E-state index in [-0.39, 0.29) is 24.6 Å². The van der Waals surface area contributed by atoms with Crippen LogP contribution in [0.1, 0.15) is 17.2 Å². The van der Waals surface area contributed by atoms with Crippen molar-refractivity contribution in [3.63, 3.8) is 0 Å². The lowest BCUT2D eigenvalue weighted by molar-refractivity contribution is -0.165. The molecule has 1 amide bonds. The van der Waals surface area contributed by atoms with Crippen LogP contribution in [0.15, 0.2) is 66.7 Å². The molecule has 2 unspecified atom stereocenters. The first-order valence-corrected chi connectivity index (χ1v) is 9.87. The molecule has 3 aromatic carbocycles. The van der Waals surface area contributed by atoms with Crippen LogP contribution in [-0.4, -0.2) is 30.8 Å². The van der Waals surface area contributed by atoms with E-state index in [9.17, 15) is 9.18 Å². The molecule has 0 bridgehead atoms. The number of methoxy groups -OCH3 is 1. The number of ether oxygens (including phenoxy) is 4. The molecule has 3 aromatic rings. The van der Waals surface area contributed by atoms with E-state index in [4.69, 9.17) is 18.9 Å². The predicted molar refractivity (Wildman–Crippen MR) is 110 cm³/mol. The molecular formula is C24H20FNO5. The topological polar surface area (TPSA) is 57.2 Å². The van der Waals surface area contributed by atoms with Crippen molar-refractivity contribution in [2.24, 2.45) is 0 Å². The molecule has 2 aliphatic heterocycles. The number of benzene rings is 3. The molecule has 31 heavy (non-hydrogen) atoms. The summed E-state index contributed by atoms with van der Waals surface area (Å²) < 4.78 is 35.5. The SMILES string of the molecule is COc1ccc(OC2C(=O)N(Cc3ccc4c(c3)OCO4)C2c2ccc(F)cc2)cc1. The molecule has 158 valence electrons. The minimum Gasteiger partial charge on any atom is -0.497 e. The van der Waals surface area contributed by atoms with Gasteiger partial charge in [0.1, 0.15) is 23.4 Å². The van der Waals surface area contributed by atoms with Gasteiger partial charge < -0.3 is 23.8 Å². The fourth-order valence-corrected chi connectivity index (χ4v) is 3.86. The quantitative estimate of drug-likeness (QED) is 0.561. The van der Waals surface area contributed by atoms with Gasteiger partial charge in [0.2, 0.25) is 12.9 Å². The number of halogens is 1. The Morgan fingerprint density at radius 2 is 1.68 bits per heavy atom. The number of amides is 1. The monoisotopic (exact) mass is 421 g/mol. The summed E-state index contributed by atoms with van der Waals surface area (Å²) >= 11 is 0. The highest BCUT2D eigenvalue weighted by atomic mass is 19.1. The Morgan fingerprint density at radius 3 is 2.42 bits per heavy atom. The van der Waals surface area contributed by atoms with E-state index in [0.29, 0.717) is 29.5 Å². The molecule has 1 fully saturated rings. The Bertz CT molecular complexity index is 1100. The fourth-order valence-electron chi connectivity index (χ4n) is 3.86. The lowest BCUT2D eigenvalue weighted by Crippen LogP contribution is -2.60. The van der Waals surface area contributed by atoms with Crippen molar-refractivity contribution in [2.75, 3.05) is 13.9 Å². The predicted octanol–water partition coefficient (Wildman–Crippen LogP) is 4.09. The van der Waals surface area contributed by atoms with E-state index in [2.05, 4.69) is 0 Å². The molecule has 5 rings (SSSR count). The van der Waals surface area contributed by atoms with Gasteiger partial charge in [-0.05, 0) is 59.7 Å². The molecule has 6 nitrogen and oxygen atoms in total. The summed E-state index contributed by atoms with van der Waals surface area (Å²) in [4.78, 5) is 14.7. The lowest BCUT2D eigenvalue weighted by Gasteiger charge is -2.46. The Balaban J connectivity index is 1.40. The van der Waals surface area contributed by atoms with Crippen LogP contribution in [0.4, 0.5) is 4.39 Å². The van der Waals surface area contributed by atoms with Crippen LogP contribution < -0.4 is 18.9 Å². The van der Waals surface area contributed by atoms with E-state index < -0.39 is 6.10 Å². The molecule has 0 radical (unpaired) electrons. The van der Waals surface area contributed by atoms with E-state index in [1.807, 2.05) is 18.2 Å². The zero-order valence-electron chi connectivity index (χ0n) is 16.8. The molecule has 2 atom stereocenters. The largest absolute Gasteiger partial charge is 0.497 e. The number of nitrogens with zero attached hydrogens (tertiary/aromatic N) is 1. The van der Waals surface area contributed by atoms with Crippen molar-refractivity contribution in [3.8, 4) is 23.0 Å². The number of hydrogen-bond acceptors (Lipinski definition) is 5. The van der Waals surface area contributed by atoms with Crippen molar-refractivity contribution in [3.05, 3.63) is 83.7 Å². The van der Waals surface area contributed by atoms with Crippen molar-refractivity contribution < 1.29 is 28.1 Å². The zero-order valence-corrected chi connectivity index (χ0v) is 16.8. The minimum atomic E-state index is -0.701. The lowest BCUT2D eigenvalue weighted by atomic mass is 9.89. The average molecular weight is 421 g/mol. The van der Waals surface area contributed by atoms with Crippen molar-refractivity contribution in [1.82, 2.24) is 4.90 Å². The third kappa shape index (κ3) is 3.63. The van der Waals surface area contributed by atoms with E-state index in [1.165, 1.54) is 12.1 Å². The Labute approximate surface area is 178 Å². The highest BCUT2D eigenvalue weighted by molar-refractivity contribution is 5.89. The number of likely N-dealkylation sites (tertiary alicyclic amines) is 1. The van der Waals surface area contributed by atoms with Crippen molar-refractivity contribution in [2.45, 2.75) is 18.7 Å². The molecule has 0 aromatic heterocycles. The van der Waals surface area contributed by atoms with E-state index in [0.717, 1.165) is 11.1 Å². The summed E-state index contributed by atoms with van der Waals surface area (Å²) in [7, 11) is 1.59. The maximum Gasteiger partial charge on any atom is 0.267 e. The third-order valence-electron chi connectivity index (χ3n) is 5.47. The van der Waals surface area contributed by atoms with Gasteiger partial charge in [0.05, 0.1) is 7.11 Å². The van der Waals surface area contributed by atoms with Gasteiger partial charge in [-0.3, -0.25) is 4.79 Å². The second-order valence-corrected chi connectivity index (χ2v) is 7.36. The summed E-state index contributed by atoms with van der Waals surface area (Å²) in [5.74, 6) is 2.15. The van der Waals surface area contributed by atoms with Crippen LogP contribution in [0.25, 0.3) is 0 Å². The van der Waals surface area contributed by atoms with E-state index in [1.54, 1.807) is 48.4 Å². The molecule has 1 saturated heterocycles. The molecule has 0 saturated carbocycles. The highest BCUT2D eigenvalue weighted by Crippen LogP contribution is 2.40. The van der Waals surface area contributed by atoms with Gasteiger partial charge in [-0.2, -0.15) is 0 Å². The number of rotatable bonds is 6. The summed E-state index contributed by atoms with van der Waals surface area (Å²) in [6.45, 7) is 0.567. The standard InChI is InChI=1S/C24H20FNO5/c1-28-18-7-9-19(10-8-18)31-23-22(16-3-5-17(25)6-4-16)26(24(23)27)13-15-2-11-20-21(12-15)30-14-29-20/h2-12,22-23H,13-14H2,1H3. The van der Waals surface area contributed by atoms with E-state index >= 15 is 0 Å². The maximum atomic E-state index is 13.5. The summed E-state index contributed by atoms with van der Waals surface area (Å²) in [6, 6.07) is 18.5. The molecule has 0 N–H and O–H groups in total. The Morgan fingerprint density at radius 1 is 0.968 bits per heavy atom. The Kier molecular flexibility index (Phi) is 4.86. The molecule has 0 aliphatic carbocycles. The number of β-lactam (4-membered cyclic amide) rings is 1. The maximum absolute atomic E-state index is 13.5. The van der Waals surface area contributed by atoms with Crippen LogP contribution in [0.2, 0.25) is 0 Å². The van der Waals surface area contributed by atoms with Crippen LogP contribution >= 0.6 is 0 Å². The number of fused-ring (bicyclic) bond motifs is 1. The summed E-state index contributed by atoms with van der Waals surface area (Å²) in [5.41, 5.74) is 1.72. The molecule has 2 heterocycles. The van der Waals surface area contributed by atoms with Crippen LogP contribution in [0.5, 0.6) is 23.0 Å². The third-order valence-corrected chi connectivity index (χ3v) is 5.47. The molecule has 7 heteroatoms. The van der Waals surface area contributed by atoms with Gasteiger partial charge in [0.25, 0.3) is 5.91 Å². The highest BCUT2D eigenvalue weighted by Gasteiger charge is 2.50. The van der Waals surface area contributed by atoms with Gasteiger partial charge in [-0.25, -0.2) is 4.39 Å². The first kappa shape index (κ1) is 19.2. The first-order valence-electron chi connectivity index (χ1n) is 9.87. The van der Waals surface area contributed by atoms with Crippen molar-refractivity contribution in [1.29, 1.82) is 0 Å². The fraction of sp³-hybridized carbons (Fsp3) is 0.208. The number of carbonyl (C=O) groups is 1. The molecule has 2 aliphatic rings. The van der Waals surface area contributed by atoms with Crippen LogP contribution in [0.3, 0.4) is 0 Å². The first-order chi connectivity index (χ1) is 15.1. The zero-order chi connectivity index (χ0) is 21.4. The van der Waals surface area contributed by atoms with Crippen molar-refractivity contribution >= 4 is 5.91 Å². The van der Waals surface area contributed by atoms with Crippen LogP contribution in [-0.2, 0) is 11.3 Å². The second-order valence-electron chi connectivity index (χ2n) is 7.36. The molecule has 0 spiro atoms. The Hall–Kier alpha value is -3.74. The minimum absolute atomic E-state index is 0.136. The second kappa shape index (κ2) is 7.83. The number of hydrogen-bond donors (Lipinski definition) is 0. The van der Waals surface area contributed by atoms with Gasteiger partial charge in [-0.15, -0.1) is 0 Å². The molecular weight excluding hydrogens is 401 g/mol. The smallest absolute Gasteiger partial charge is 0.267 e. The van der Waals surface area contributed by atoms with Gasteiger partial charge in [-0.1, -0.05) is 18.2 Å². The van der Waals surface area contributed by atoms with Gasteiger partial charge >= 0.3 is 0 Å². The summed E-state index contributed by atoms with van der Waals surface area (Å²) in [6.07, 6.45) is -0.701. The van der Waals surface area contributed by atoms with Gasteiger partial charge in [0.15, 0.2) is 11.5 Å². The van der Waals surface area contributed by atoms with Gasteiger partial charge in [0, 0.05) is 6.54 Å². The summed E-state index contributed by atoms with van der Waals surface area (Å²) in [5, 5.41) is 0.